The third-order valence-corrected chi connectivity index (χ3v) is 5.71. The highest BCUT2D eigenvalue weighted by atomic mass is 16.6. The van der Waals surface area contributed by atoms with Gasteiger partial charge in [-0.2, -0.15) is 0 Å². The largest absolute Gasteiger partial charge is 0.490 e. The Hall–Kier alpha value is -2.95. The number of rotatable bonds is 9. The minimum absolute atomic E-state index is 0.0207. The molecule has 2 unspecified atom stereocenters. The Bertz CT molecular complexity index is 910. The minimum atomic E-state index is 0.0207. The van der Waals surface area contributed by atoms with E-state index in [4.69, 9.17) is 19.0 Å². The van der Waals surface area contributed by atoms with Crippen LogP contribution in [0.25, 0.3) is 0 Å². The first-order chi connectivity index (χ1) is 15.5. The molecule has 32 heavy (non-hydrogen) atoms. The van der Waals surface area contributed by atoms with Gasteiger partial charge in [0.25, 0.3) is 0 Å². The predicted molar refractivity (Wildman–Crippen MR) is 129 cm³/mol. The number of hydrogen-bond donors (Lipinski definition) is 0. The van der Waals surface area contributed by atoms with Gasteiger partial charge in [0.2, 0.25) is 0 Å². The average Bonchev–Trinajstić information content (AvgIpc) is 2.78. The molecular formula is C27H35NO4. The van der Waals surface area contributed by atoms with Gasteiger partial charge in [-0.25, -0.2) is 0 Å². The zero-order chi connectivity index (χ0) is 22.9. The third kappa shape index (κ3) is 6.28. The van der Waals surface area contributed by atoms with Crippen LogP contribution in [-0.4, -0.2) is 31.6 Å². The molecule has 172 valence electrons. The quantitative estimate of drug-likeness (QED) is 0.259. The maximum atomic E-state index is 6.55. The van der Waals surface area contributed by atoms with E-state index in [9.17, 15) is 0 Å². The highest BCUT2D eigenvalue weighted by molar-refractivity contribution is 5.98. The molecule has 2 aromatic rings. The van der Waals surface area contributed by atoms with Crippen LogP contribution >= 0.6 is 0 Å². The van der Waals surface area contributed by atoms with Gasteiger partial charge in [0, 0.05) is 0 Å². The molecule has 0 radical (unpaired) electrons. The molecule has 0 spiro atoms. The molecule has 0 heterocycles. The van der Waals surface area contributed by atoms with Crippen LogP contribution in [0.3, 0.4) is 0 Å². The summed E-state index contributed by atoms with van der Waals surface area (Å²) in [5.74, 6) is 2.65. The highest BCUT2D eigenvalue weighted by Gasteiger charge is 2.29. The van der Waals surface area contributed by atoms with E-state index in [1.54, 1.807) is 7.11 Å². The van der Waals surface area contributed by atoms with E-state index in [1.807, 2.05) is 62.4 Å². The monoisotopic (exact) mass is 437 g/mol. The molecular weight excluding hydrogens is 402 g/mol. The number of aryl methyl sites for hydroxylation is 2. The van der Waals surface area contributed by atoms with Crippen molar-refractivity contribution in [2.75, 3.05) is 13.7 Å². The summed E-state index contributed by atoms with van der Waals surface area (Å²) in [6, 6.07) is 12.1. The van der Waals surface area contributed by atoms with Gasteiger partial charge in [0.05, 0.1) is 5.71 Å². The lowest BCUT2D eigenvalue weighted by molar-refractivity contribution is 0.0224. The summed E-state index contributed by atoms with van der Waals surface area (Å²) in [4.78, 5) is 4.86. The number of ether oxygens (including phenoxy) is 3. The molecule has 1 aliphatic carbocycles. The summed E-state index contributed by atoms with van der Waals surface area (Å²) in [6.07, 6.45) is 8.30. The third-order valence-electron chi connectivity index (χ3n) is 5.71. The summed E-state index contributed by atoms with van der Waals surface area (Å²) < 4.78 is 18.7. The molecule has 2 aromatic carbocycles. The van der Waals surface area contributed by atoms with Crippen LogP contribution in [0.15, 0.2) is 53.7 Å². The number of nitrogens with zero attached hydrogens (tertiary/aromatic N) is 1. The Balaban J connectivity index is 1.70. The lowest BCUT2D eigenvalue weighted by Crippen LogP contribution is -2.39. The molecule has 0 N–H and O–H groups in total. The fourth-order valence-electron chi connectivity index (χ4n) is 4.04. The van der Waals surface area contributed by atoms with Crippen molar-refractivity contribution in [1.29, 1.82) is 0 Å². The fraction of sp³-hybridized carbons (Fsp3) is 0.444. The summed E-state index contributed by atoms with van der Waals surface area (Å²) in [5.41, 5.74) is 4.02. The number of benzene rings is 2. The van der Waals surface area contributed by atoms with Gasteiger partial charge in [0.15, 0.2) is 0 Å². The number of hydrogen-bond acceptors (Lipinski definition) is 5. The zero-order valence-electron chi connectivity index (χ0n) is 19.9. The molecule has 0 aromatic heterocycles. The van der Waals surface area contributed by atoms with Crippen molar-refractivity contribution in [2.24, 2.45) is 5.16 Å². The maximum absolute atomic E-state index is 6.55. The van der Waals surface area contributed by atoms with Crippen molar-refractivity contribution >= 4 is 5.71 Å². The van der Waals surface area contributed by atoms with Crippen LogP contribution < -0.4 is 14.2 Å². The Kier molecular flexibility index (Phi) is 8.60. The standard InChI is InChI=1S/C27H35NO4/c1-6-7-16-30-24-17-19(2)27(20(3)18-24)32-26-11-9-8-10-25(26)31-23-14-12-22(13-15-23)21(4)28-29-5/h6-7,12-15,17-18,25-26H,8-11,16H2,1-5H3/b7-6+,28-21?. The van der Waals surface area contributed by atoms with Crippen LogP contribution in [-0.2, 0) is 4.84 Å². The van der Waals surface area contributed by atoms with Crippen LogP contribution in [0.5, 0.6) is 17.2 Å². The lowest BCUT2D eigenvalue weighted by atomic mass is 9.94. The van der Waals surface area contributed by atoms with E-state index in [0.29, 0.717) is 6.61 Å². The molecule has 0 aliphatic heterocycles. The Morgan fingerprint density at radius 3 is 2.19 bits per heavy atom. The normalized spacial score (nSPS) is 19.1. The van der Waals surface area contributed by atoms with Crippen LogP contribution in [0, 0.1) is 13.8 Å². The SMILES string of the molecule is C/C=C/COc1cc(C)c(OC2CCCCC2Oc2ccc(C(C)=NOC)cc2)c(C)c1. The highest BCUT2D eigenvalue weighted by Crippen LogP contribution is 2.33. The van der Waals surface area contributed by atoms with Crippen molar-refractivity contribution in [3.05, 3.63) is 65.2 Å². The Labute approximate surface area is 192 Å². The molecule has 1 saturated carbocycles. The van der Waals surface area contributed by atoms with Crippen LogP contribution in [0.4, 0.5) is 0 Å². The van der Waals surface area contributed by atoms with Gasteiger partial charge in [-0.15, -0.1) is 0 Å². The van der Waals surface area contributed by atoms with Gasteiger partial charge in [0.1, 0.15) is 43.2 Å². The van der Waals surface area contributed by atoms with Gasteiger partial charge < -0.3 is 19.0 Å². The molecule has 1 fully saturated rings. The number of oxime groups is 1. The van der Waals surface area contributed by atoms with E-state index in [0.717, 1.165) is 65.3 Å². The molecule has 0 bridgehead atoms. The zero-order valence-corrected chi connectivity index (χ0v) is 19.9. The van der Waals surface area contributed by atoms with Gasteiger partial charge in [-0.1, -0.05) is 17.3 Å². The summed E-state index contributed by atoms with van der Waals surface area (Å²) in [5, 5.41) is 3.99. The minimum Gasteiger partial charge on any atom is -0.490 e. The predicted octanol–water partition coefficient (Wildman–Crippen LogP) is 6.40. The summed E-state index contributed by atoms with van der Waals surface area (Å²) >= 11 is 0. The van der Waals surface area contributed by atoms with Crippen LogP contribution in [0.1, 0.15) is 56.2 Å². The van der Waals surface area contributed by atoms with Gasteiger partial charge in [-0.05, 0) is 106 Å². The first kappa shape index (κ1) is 23.7. The first-order valence-corrected chi connectivity index (χ1v) is 11.4. The molecule has 2 atom stereocenters. The Morgan fingerprint density at radius 2 is 1.59 bits per heavy atom. The Morgan fingerprint density at radius 1 is 0.969 bits per heavy atom. The maximum Gasteiger partial charge on any atom is 0.135 e. The molecule has 5 heteroatoms. The van der Waals surface area contributed by atoms with E-state index >= 15 is 0 Å². The van der Waals surface area contributed by atoms with E-state index < -0.39 is 0 Å². The summed E-state index contributed by atoms with van der Waals surface area (Å²) in [7, 11) is 1.55. The average molecular weight is 438 g/mol. The van der Waals surface area contributed by atoms with Crippen LogP contribution in [0.2, 0.25) is 0 Å². The second-order valence-electron chi connectivity index (χ2n) is 8.25. The van der Waals surface area contributed by atoms with Gasteiger partial charge in [-0.3, -0.25) is 0 Å². The molecule has 5 nitrogen and oxygen atoms in total. The molecule has 3 rings (SSSR count). The topological polar surface area (TPSA) is 49.3 Å². The van der Waals surface area contributed by atoms with Crippen molar-refractivity contribution in [1.82, 2.24) is 0 Å². The van der Waals surface area contributed by atoms with E-state index in [1.165, 1.54) is 0 Å². The smallest absolute Gasteiger partial charge is 0.135 e. The van der Waals surface area contributed by atoms with Gasteiger partial charge >= 0.3 is 0 Å². The first-order valence-electron chi connectivity index (χ1n) is 11.4. The van der Waals surface area contributed by atoms with Crippen molar-refractivity contribution in [2.45, 2.75) is 65.6 Å². The second-order valence-corrected chi connectivity index (χ2v) is 8.25. The van der Waals surface area contributed by atoms with Crippen molar-refractivity contribution in [3.8, 4) is 17.2 Å². The second kappa shape index (κ2) is 11.6. The molecule has 0 amide bonds. The molecule has 0 saturated heterocycles. The van der Waals surface area contributed by atoms with E-state index in [-0.39, 0.29) is 12.2 Å². The van der Waals surface area contributed by atoms with Crippen molar-refractivity contribution in [3.63, 3.8) is 0 Å². The lowest BCUT2D eigenvalue weighted by Gasteiger charge is -2.33. The molecule has 1 aliphatic rings. The number of allylic oxidation sites excluding steroid dienone is 1. The summed E-state index contributed by atoms with van der Waals surface area (Å²) in [6.45, 7) is 8.64. The van der Waals surface area contributed by atoms with Crippen molar-refractivity contribution < 1.29 is 19.0 Å². The van der Waals surface area contributed by atoms with E-state index in [2.05, 4.69) is 19.0 Å². The fourth-order valence-corrected chi connectivity index (χ4v) is 4.04.